The molecule has 1 unspecified atom stereocenters. The van der Waals surface area contributed by atoms with Gasteiger partial charge in [0.25, 0.3) is 11.8 Å². The van der Waals surface area contributed by atoms with Gasteiger partial charge in [0.1, 0.15) is 0 Å². The van der Waals surface area contributed by atoms with Crippen LogP contribution in [0.15, 0.2) is 24.3 Å². The molecule has 0 N–H and O–H groups in total. The molecule has 0 aliphatic carbocycles. The van der Waals surface area contributed by atoms with Gasteiger partial charge in [-0.25, -0.2) is 0 Å². The maximum absolute atomic E-state index is 11.9. The highest BCUT2D eigenvalue weighted by Gasteiger charge is 2.34. The van der Waals surface area contributed by atoms with E-state index in [1.807, 2.05) is 0 Å². The zero-order valence-electron chi connectivity index (χ0n) is 9.19. The molecule has 2 amide bonds. The van der Waals surface area contributed by atoms with Crippen molar-refractivity contribution in [2.75, 3.05) is 19.4 Å². The van der Waals surface area contributed by atoms with Gasteiger partial charge in [0.2, 0.25) is 0 Å². The Balaban J connectivity index is 2.15. The molecule has 4 heteroatoms. The van der Waals surface area contributed by atoms with E-state index in [1.54, 1.807) is 24.3 Å². The molecule has 84 valence electrons. The Morgan fingerprint density at radius 2 is 1.69 bits per heavy atom. The van der Waals surface area contributed by atoms with Crippen LogP contribution in [0.1, 0.15) is 27.1 Å². The summed E-state index contributed by atoms with van der Waals surface area (Å²) in [6, 6.07) is 7.02. The van der Waals surface area contributed by atoms with E-state index in [0.717, 1.165) is 21.2 Å². The van der Waals surface area contributed by atoms with Crippen LogP contribution >= 0.6 is 8.58 Å². The number of carbonyl (C=O) groups is 2. The largest absolute Gasteiger partial charge is 0.274 e. The molecule has 0 fully saturated rings. The van der Waals surface area contributed by atoms with Gasteiger partial charge >= 0.3 is 0 Å². The van der Waals surface area contributed by atoms with E-state index in [9.17, 15) is 9.59 Å². The van der Waals surface area contributed by atoms with Gasteiger partial charge in [-0.3, -0.25) is 14.5 Å². The Labute approximate surface area is 96.6 Å². The summed E-state index contributed by atoms with van der Waals surface area (Å²) in [7, 11) is 0.875. The fraction of sp³-hybridized carbons (Fsp3) is 0.333. The lowest BCUT2D eigenvalue weighted by molar-refractivity contribution is 0.0655. The number of benzene rings is 1. The quantitative estimate of drug-likeness (QED) is 0.454. The average Bonchev–Trinajstić information content (AvgIpc) is 2.55. The second kappa shape index (κ2) is 4.75. The number of imide groups is 1. The Bertz CT molecular complexity index is 396. The molecule has 2 rings (SSSR count). The second-order valence-electron chi connectivity index (χ2n) is 3.76. The lowest BCUT2D eigenvalue weighted by Crippen LogP contribution is -2.30. The first-order valence-electron chi connectivity index (χ1n) is 5.35. The monoisotopic (exact) mass is 235 g/mol. The molecule has 0 saturated carbocycles. The third kappa shape index (κ3) is 1.88. The number of hydrogen-bond acceptors (Lipinski definition) is 2. The number of fused-ring (bicyclic) bond motifs is 1. The van der Waals surface area contributed by atoms with Crippen LogP contribution in [0, 0.1) is 0 Å². The summed E-state index contributed by atoms with van der Waals surface area (Å²) in [4.78, 5) is 25.2. The Morgan fingerprint density at radius 3 is 2.19 bits per heavy atom. The topological polar surface area (TPSA) is 37.4 Å². The number of hydrogen-bond donors (Lipinski definition) is 0. The van der Waals surface area contributed by atoms with Gasteiger partial charge in [-0.1, -0.05) is 12.1 Å². The van der Waals surface area contributed by atoms with Gasteiger partial charge in [0, 0.05) is 6.54 Å². The minimum absolute atomic E-state index is 0.139. The molecule has 0 spiro atoms. The van der Waals surface area contributed by atoms with Crippen molar-refractivity contribution in [2.45, 2.75) is 6.42 Å². The molecule has 1 aliphatic rings. The van der Waals surface area contributed by atoms with Crippen LogP contribution in [0.5, 0.6) is 0 Å². The van der Waals surface area contributed by atoms with Crippen molar-refractivity contribution in [3.8, 4) is 0 Å². The summed E-state index contributed by atoms with van der Waals surface area (Å²) >= 11 is 0. The van der Waals surface area contributed by atoms with E-state index in [2.05, 4.69) is 6.66 Å². The molecule has 0 saturated heterocycles. The van der Waals surface area contributed by atoms with E-state index in [0.29, 0.717) is 17.7 Å². The highest BCUT2D eigenvalue weighted by molar-refractivity contribution is 7.36. The lowest BCUT2D eigenvalue weighted by atomic mass is 10.1. The molecule has 1 aliphatic heterocycles. The molecule has 0 bridgehead atoms. The highest BCUT2D eigenvalue weighted by Crippen LogP contribution is 2.22. The molecular formula is C12H14NO2P. The fourth-order valence-electron chi connectivity index (χ4n) is 1.86. The Hall–Kier alpha value is -1.21. The molecule has 16 heavy (non-hydrogen) atoms. The molecule has 1 heterocycles. The zero-order valence-corrected chi connectivity index (χ0v) is 10.2. The first kappa shape index (κ1) is 11.3. The Kier molecular flexibility index (Phi) is 3.35. The van der Waals surface area contributed by atoms with Crippen molar-refractivity contribution in [3.05, 3.63) is 35.4 Å². The van der Waals surface area contributed by atoms with Crippen LogP contribution in [-0.2, 0) is 0 Å². The fourth-order valence-corrected chi connectivity index (χ4v) is 2.37. The first-order chi connectivity index (χ1) is 7.75. The number of carbonyl (C=O) groups excluding carboxylic acids is 2. The van der Waals surface area contributed by atoms with Crippen molar-refractivity contribution in [3.63, 3.8) is 0 Å². The second-order valence-corrected chi connectivity index (χ2v) is 4.97. The Morgan fingerprint density at radius 1 is 1.12 bits per heavy atom. The van der Waals surface area contributed by atoms with E-state index >= 15 is 0 Å². The smallest absolute Gasteiger partial charge is 0.261 e. The van der Waals surface area contributed by atoms with Crippen molar-refractivity contribution < 1.29 is 9.59 Å². The molecule has 1 aromatic rings. The third-order valence-corrected chi connectivity index (χ3v) is 3.54. The van der Waals surface area contributed by atoms with Crippen molar-refractivity contribution in [1.82, 2.24) is 4.90 Å². The standard InChI is InChI=1S/C12H14NO2P/c1-16-8-4-7-13-11(14)9-5-2-3-6-10(9)12(13)15/h2-3,5-6,16H,4,7-8H2,1H3. The third-order valence-electron chi connectivity index (χ3n) is 2.69. The maximum Gasteiger partial charge on any atom is 0.261 e. The lowest BCUT2D eigenvalue weighted by Gasteiger charge is -2.12. The highest BCUT2D eigenvalue weighted by atomic mass is 31.1. The van der Waals surface area contributed by atoms with Crippen molar-refractivity contribution >= 4 is 20.4 Å². The summed E-state index contributed by atoms with van der Waals surface area (Å²) in [6.07, 6.45) is 1.98. The van der Waals surface area contributed by atoms with Crippen LogP contribution in [-0.4, -0.2) is 36.1 Å². The van der Waals surface area contributed by atoms with Crippen LogP contribution in [0.25, 0.3) is 0 Å². The normalized spacial score (nSPS) is 15.2. The van der Waals surface area contributed by atoms with E-state index < -0.39 is 0 Å². The summed E-state index contributed by atoms with van der Waals surface area (Å²) in [5.41, 5.74) is 1.10. The summed E-state index contributed by atoms with van der Waals surface area (Å²) in [6.45, 7) is 2.68. The maximum atomic E-state index is 11.9. The predicted octanol–water partition coefficient (Wildman–Crippen LogP) is 1.98. The van der Waals surface area contributed by atoms with E-state index in [4.69, 9.17) is 0 Å². The van der Waals surface area contributed by atoms with E-state index in [1.165, 1.54) is 4.90 Å². The van der Waals surface area contributed by atoms with Crippen molar-refractivity contribution in [2.24, 2.45) is 0 Å². The van der Waals surface area contributed by atoms with Gasteiger partial charge in [0.05, 0.1) is 11.1 Å². The molecular weight excluding hydrogens is 221 g/mol. The number of amides is 2. The molecule has 0 radical (unpaired) electrons. The predicted molar refractivity (Wildman–Crippen MR) is 65.5 cm³/mol. The van der Waals surface area contributed by atoms with Crippen LogP contribution in [0.4, 0.5) is 0 Å². The van der Waals surface area contributed by atoms with Gasteiger partial charge in [-0.15, -0.1) is 8.58 Å². The minimum Gasteiger partial charge on any atom is -0.274 e. The first-order valence-corrected chi connectivity index (χ1v) is 7.06. The van der Waals surface area contributed by atoms with Gasteiger partial charge in [0.15, 0.2) is 0 Å². The van der Waals surface area contributed by atoms with Gasteiger partial charge < -0.3 is 0 Å². The number of nitrogens with zero attached hydrogens (tertiary/aromatic N) is 1. The summed E-state index contributed by atoms with van der Waals surface area (Å²) < 4.78 is 0. The summed E-state index contributed by atoms with van der Waals surface area (Å²) in [5.74, 6) is -0.278. The number of rotatable bonds is 4. The summed E-state index contributed by atoms with van der Waals surface area (Å²) in [5, 5.41) is 0. The van der Waals surface area contributed by atoms with E-state index in [-0.39, 0.29) is 11.8 Å². The molecule has 0 aromatic heterocycles. The van der Waals surface area contributed by atoms with Gasteiger partial charge in [-0.05, 0) is 31.4 Å². The minimum atomic E-state index is -0.139. The van der Waals surface area contributed by atoms with Crippen LogP contribution in [0.2, 0.25) is 0 Å². The SMILES string of the molecule is CPCCCN1C(=O)c2ccccc2C1=O. The average molecular weight is 235 g/mol. The van der Waals surface area contributed by atoms with Crippen LogP contribution < -0.4 is 0 Å². The molecule has 1 aromatic carbocycles. The van der Waals surface area contributed by atoms with Crippen LogP contribution in [0.3, 0.4) is 0 Å². The van der Waals surface area contributed by atoms with Crippen molar-refractivity contribution in [1.29, 1.82) is 0 Å². The zero-order chi connectivity index (χ0) is 11.5. The van der Waals surface area contributed by atoms with Gasteiger partial charge in [-0.2, -0.15) is 0 Å². The molecule has 3 nitrogen and oxygen atoms in total. The molecule has 1 atom stereocenters.